The normalized spacial score (nSPS) is 14.4. The molecule has 0 spiro atoms. The third kappa shape index (κ3) is 12.9. The summed E-state index contributed by atoms with van der Waals surface area (Å²) in [5.74, 6) is -2.41. The maximum atomic E-state index is 14.0. The fraction of sp³-hybridized carbons (Fsp3) is 0.912. The van der Waals surface area contributed by atoms with Crippen molar-refractivity contribution < 1.29 is 24.6 Å². The first kappa shape index (κ1) is 38.4. The summed E-state index contributed by atoms with van der Waals surface area (Å²) >= 11 is 0. The third-order valence-corrected chi connectivity index (χ3v) is 8.95. The predicted molar refractivity (Wildman–Crippen MR) is 167 cm³/mol. The van der Waals surface area contributed by atoms with E-state index in [1.165, 1.54) is 24.2 Å². The van der Waals surface area contributed by atoms with Crippen molar-refractivity contribution in [3.05, 3.63) is 0 Å². The molecule has 0 aromatic rings. The lowest BCUT2D eigenvalue weighted by Gasteiger charge is -2.50. The second kappa shape index (κ2) is 23.0. The van der Waals surface area contributed by atoms with Crippen molar-refractivity contribution in [2.24, 2.45) is 0 Å². The number of rotatable bonds is 28. The fourth-order valence-electron chi connectivity index (χ4n) is 6.23. The highest BCUT2D eigenvalue weighted by Gasteiger charge is 2.56. The van der Waals surface area contributed by atoms with Gasteiger partial charge in [-0.1, -0.05) is 150 Å². The molecule has 6 nitrogen and oxygen atoms in total. The molecule has 1 amide bonds. The van der Waals surface area contributed by atoms with E-state index in [-0.39, 0.29) is 25.2 Å². The summed E-state index contributed by atoms with van der Waals surface area (Å²) < 4.78 is 0. The number of nitrogens with zero attached hydrogens (tertiary/aromatic N) is 1. The van der Waals surface area contributed by atoms with Gasteiger partial charge in [0.1, 0.15) is 11.1 Å². The summed E-state index contributed by atoms with van der Waals surface area (Å²) in [6.45, 7) is 10.1. The average Bonchev–Trinajstić information content (AvgIpc) is 2.93. The number of amides is 1. The minimum absolute atomic E-state index is 0.213. The second-order valence-electron chi connectivity index (χ2n) is 12.0. The van der Waals surface area contributed by atoms with E-state index >= 15 is 0 Å². The van der Waals surface area contributed by atoms with Crippen LogP contribution in [0.5, 0.6) is 0 Å². The Labute approximate surface area is 247 Å². The molecule has 0 aromatic heterocycles. The molecule has 2 atom stereocenters. The van der Waals surface area contributed by atoms with E-state index in [1.807, 2.05) is 13.8 Å². The molecular formula is C34H65NO5. The van der Waals surface area contributed by atoms with Gasteiger partial charge in [-0.05, 0) is 32.1 Å². The zero-order valence-corrected chi connectivity index (χ0v) is 27.0. The average molecular weight is 568 g/mol. The monoisotopic (exact) mass is 567 g/mol. The van der Waals surface area contributed by atoms with Crippen LogP contribution in [0.3, 0.4) is 0 Å². The summed E-state index contributed by atoms with van der Waals surface area (Å²) in [6.07, 6.45) is 20.7. The minimum atomic E-state index is -1.50. The van der Waals surface area contributed by atoms with Crippen molar-refractivity contribution in [1.82, 2.24) is 4.90 Å². The van der Waals surface area contributed by atoms with E-state index < -0.39 is 23.0 Å². The molecule has 0 rings (SSSR count). The zero-order chi connectivity index (χ0) is 30.3. The van der Waals surface area contributed by atoms with E-state index in [0.29, 0.717) is 32.1 Å². The number of hydrogen-bond donors (Lipinski definition) is 2. The van der Waals surface area contributed by atoms with Gasteiger partial charge in [0, 0.05) is 6.42 Å². The Morgan fingerprint density at radius 2 is 0.775 bits per heavy atom. The number of unbranched alkanes of at least 4 members (excludes halogenated alkanes) is 16. The summed E-state index contributed by atoms with van der Waals surface area (Å²) in [5, 5.41) is 21.4. The second-order valence-corrected chi connectivity index (χ2v) is 12.0. The molecule has 40 heavy (non-hydrogen) atoms. The number of carboxylic acids is 2. The molecule has 0 aliphatic heterocycles. The first-order chi connectivity index (χ1) is 19.2. The summed E-state index contributed by atoms with van der Waals surface area (Å²) in [6, 6.07) is 0. The summed E-state index contributed by atoms with van der Waals surface area (Å²) in [4.78, 5) is 41.6. The van der Waals surface area contributed by atoms with Gasteiger partial charge in [-0.3, -0.25) is 4.79 Å². The van der Waals surface area contributed by atoms with E-state index in [1.54, 1.807) is 0 Å². The van der Waals surface area contributed by atoms with Crippen molar-refractivity contribution in [2.75, 3.05) is 0 Å². The Balaban J connectivity index is 6.07. The molecule has 0 aliphatic rings. The van der Waals surface area contributed by atoms with Crippen molar-refractivity contribution in [1.29, 1.82) is 0 Å². The van der Waals surface area contributed by atoms with E-state index in [2.05, 4.69) is 20.8 Å². The van der Waals surface area contributed by atoms with E-state index in [0.717, 1.165) is 83.5 Å². The first-order valence-electron chi connectivity index (χ1n) is 17.0. The maximum absolute atomic E-state index is 14.0. The van der Waals surface area contributed by atoms with Crippen LogP contribution in [-0.2, 0) is 14.4 Å². The molecule has 0 bridgehead atoms. The van der Waals surface area contributed by atoms with Gasteiger partial charge in [-0.25, -0.2) is 9.59 Å². The number of carbonyl (C=O) groups excluding carboxylic acids is 1. The van der Waals surface area contributed by atoms with Crippen molar-refractivity contribution in [2.45, 2.75) is 200 Å². The Morgan fingerprint density at radius 3 is 1.07 bits per heavy atom. The van der Waals surface area contributed by atoms with Gasteiger partial charge in [-0.2, -0.15) is 0 Å². The molecule has 0 saturated heterocycles. The molecule has 0 heterocycles. The van der Waals surface area contributed by atoms with E-state index in [9.17, 15) is 24.6 Å². The molecule has 236 valence electrons. The van der Waals surface area contributed by atoms with Crippen LogP contribution in [0.1, 0.15) is 189 Å². The van der Waals surface area contributed by atoms with Crippen LogP contribution < -0.4 is 0 Å². The Hall–Kier alpha value is -1.59. The Kier molecular flexibility index (Phi) is 22.1. The van der Waals surface area contributed by atoms with Gasteiger partial charge < -0.3 is 15.1 Å². The molecule has 2 N–H and O–H groups in total. The lowest BCUT2D eigenvalue weighted by atomic mass is 9.78. The van der Waals surface area contributed by atoms with Crippen LogP contribution in [-0.4, -0.2) is 44.0 Å². The Morgan fingerprint density at radius 1 is 0.475 bits per heavy atom. The van der Waals surface area contributed by atoms with Crippen molar-refractivity contribution in [3.8, 4) is 0 Å². The zero-order valence-electron chi connectivity index (χ0n) is 27.0. The molecule has 0 fully saturated rings. The molecule has 6 heteroatoms. The highest BCUT2D eigenvalue weighted by molar-refractivity contribution is 5.93. The van der Waals surface area contributed by atoms with Crippen LogP contribution in [0.25, 0.3) is 0 Å². The van der Waals surface area contributed by atoms with Gasteiger partial charge >= 0.3 is 11.9 Å². The molecule has 2 unspecified atom stereocenters. The van der Waals surface area contributed by atoms with Gasteiger partial charge in [0.2, 0.25) is 5.91 Å². The highest BCUT2D eigenvalue weighted by atomic mass is 16.4. The number of aliphatic carboxylic acids is 2. The van der Waals surface area contributed by atoms with Gasteiger partial charge in [0.05, 0.1) is 0 Å². The molecule has 0 radical (unpaired) electrons. The van der Waals surface area contributed by atoms with Crippen LogP contribution in [0.2, 0.25) is 0 Å². The minimum Gasteiger partial charge on any atom is -0.479 e. The van der Waals surface area contributed by atoms with Crippen LogP contribution in [0.4, 0.5) is 0 Å². The van der Waals surface area contributed by atoms with Crippen LogP contribution in [0.15, 0.2) is 0 Å². The highest BCUT2D eigenvalue weighted by Crippen LogP contribution is 2.40. The third-order valence-electron chi connectivity index (χ3n) is 8.95. The SMILES string of the molecule is CCCCCCCCCC(=O)N(C(CC)(CCCCCCCC)C(=O)O)C(CC)(CCCCCCCC)C(=O)O. The lowest BCUT2D eigenvalue weighted by molar-refractivity contribution is -0.180. The van der Waals surface area contributed by atoms with Gasteiger partial charge in [-0.15, -0.1) is 0 Å². The van der Waals surface area contributed by atoms with Crippen LogP contribution >= 0.6 is 0 Å². The molecule has 0 saturated carbocycles. The lowest BCUT2D eigenvalue weighted by Crippen LogP contribution is -2.68. The fourth-order valence-corrected chi connectivity index (χ4v) is 6.23. The first-order valence-corrected chi connectivity index (χ1v) is 17.0. The standard InChI is InChI=1S/C34H65NO5/c1-6-11-14-17-20-21-24-27-30(36)35(33(9-4,31(37)38)28-25-22-18-15-12-7-2)34(10-5,32(39)40)29-26-23-19-16-13-8-3/h6-29H2,1-5H3,(H,37,38)(H,39,40). The smallest absolute Gasteiger partial charge is 0.329 e. The topological polar surface area (TPSA) is 94.9 Å². The predicted octanol–water partition coefficient (Wildman–Crippen LogP) is 9.92. The summed E-state index contributed by atoms with van der Waals surface area (Å²) in [5.41, 5.74) is -3.00. The maximum Gasteiger partial charge on any atom is 0.329 e. The van der Waals surface area contributed by atoms with E-state index in [4.69, 9.17) is 0 Å². The van der Waals surface area contributed by atoms with Crippen molar-refractivity contribution >= 4 is 17.8 Å². The molecular weight excluding hydrogens is 502 g/mol. The number of carbonyl (C=O) groups is 3. The Bertz CT molecular complexity index is 639. The molecule has 0 aliphatic carbocycles. The van der Waals surface area contributed by atoms with Gasteiger partial charge in [0.25, 0.3) is 0 Å². The van der Waals surface area contributed by atoms with Crippen molar-refractivity contribution in [3.63, 3.8) is 0 Å². The van der Waals surface area contributed by atoms with Gasteiger partial charge in [0.15, 0.2) is 0 Å². The quantitative estimate of drug-likeness (QED) is 0.0917. The summed E-state index contributed by atoms with van der Waals surface area (Å²) in [7, 11) is 0. The molecule has 0 aromatic carbocycles. The van der Waals surface area contributed by atoms with Crippen LogP contribution in [0, 0.1) is 0 Å². The number of hydrogen-bond acceptors (Lipinski definition) is 3. The number of carboxylic acid groups (broad SMARTS) is 2. The largest absolute Gasteiger partial charge is 0.479 e.